The number of aromatic nitrogens is 1. The van der Waals surface area contributed by atoms with E-state index < -0.39 is 5.43 Å². The number of hydrogen-bond donors (Lipinski definition) is 3. The third-order valence-electron chi connectivity index (χ3n) is 3.53. The number of aliphatic hydroxyl groups is 2. The first kappa shape index (κ1) is 18.6. The van der Waals surface area contributed by atoms with Crippen LogP contribution in [0.2, 0.25) is 0 Å². The Labute approximate surface area is 131 Å². The maximum atomic E-state index is 11.8. The molecule has 0 spiro atoms. The van der Waals surface area contributed by atoms with E-state index in [0.29, 0.717) is 31.0 Å². The quantitative estimate of drug-likeness (QED) is 0.565. The highest BCUT2D eigenvalue weighted by Gasteiger charge is 2.16. The zero-order chi connectivity index (χ0) is 16.7. The summed E-state index contributed by atoms with van der Waals surface area (Å²) in [7, 11) is 5.76. The van der Waals surface area contributed by atoms with Gasteiger partial charge in [0.25, 0.3) is 0 Å². The van der Waals surface area contributed by atoms with Crippen molar-refractivity contribution in [2.24, 2.45) is 0 Å². The highest BCUT2D eigenvalue weighted by atomic mass is 16.3. The molecule has 1 heterocycles. The lowest BCUT2D eigenvalue weighted by Crippen LogP contribution is -2.27. The van der Waals surface area contributed by atoms with E-state index in [1.165, 1.54) is 6.07 Å². The molecular weight excluding hydrogens is 286 g/mol. The molecule has 1 aromatic rings. The third kappa shape index (κ3) is 5.10. The molecule has 0 fully saturated rings. The molecule has 0 aliphatic carbocycles. The molecule has 3 N–H and O–H groups in total. The molecule has 0 unspecified atom stereocenters. The second-order valence-electron chi connectivity index (χ2n) is 5.72. The Morgan fingerprint density at radius 2 is 1.86 bits per heavy atom. The van der Waals surface area contributed by atoms with Crippen molar-refractivity contribution in [1.29, 1.82) is 0 Å². The Morgan fingerprint density at radius 3 is 2.41 bits per heavy atom. The number of hydrogen-bond acceptors (Lipinski definition) is 6. The van der Waals surface area contributed by atoms with E-state index in [0.717, 1.165) is 13.0 Å². The van der Waals surface area contributed by atoms with Gasteiger partial charge in [0, 0.05) is 31.4 Å². The van der Waals surface area contributed by atoms with Gasteiger partial charge < -0.3 is 24.8 Å². The largest absolute Gasteiger partial charge is 0.503 e. The Kier molecular flexibility index (Phi) is 7.53. The monoisotopic (exact) mass is 313 g/mol. The minimum absolute atomic E-state index is 0.00180. The van der Waals surface area contributed by atoms with E-state index in [9.17, 15) is 15.0 Å². The van der Waals surface area contributed by atoms with Crippen molar-refractivity contribution in [1.82, 2.24) is 14.4 Å². The van der Waals surface area contributed by atoms with Crippen LogP contribution >= 0.6 is 0 Å². The van der Waals surface area contributed by atoms with Crippen molar-refractivity contribution in [2.45, 2.75) is 26.1 Å². The molecule has 0 amide bonds. The fourth-order valence-corrected chi connectivity index (χ4v) is 2.36. The van der Waals surface area contributed by atoms with Crippen LogP contribution in [-0.2, 0) is 19.7 Å². The van der Waals surface area contributed by atoms with Crippen LogP contribution in [0.15, 0.2) is 10.9 Å². The van der Waals surface area contributed by atoms with Gasteiger partial charge in [0.1, 0.15) is 0 Å². The van der Waals surface area contributed by atoms with Crippen molar-refractivity contribution in [3.05, 3.63) is 27.7 Å². The molecule has 7 nitrogen and oxygen atoms in total. The Hall–Kier alpha value is -1.41. The van der Waals surface area contributed by atoms with Crippen LogP contribution in [-0.4, -0.2) is 70.5 Å². The highest BCUT2D eigenvalue weighted by Crippen LogP contribution is 2.17. The lowest BCUT2D eigenvalue weighted by atomic mass is 10.2. The van der Waals surface area contributed by atoms with Crippen LogP contribution in [0.5, 0.6) is 5.75 Å². The standard InChI is InChI=1S/C15H27N3O4/c1-16(2)5-4-6-18-12(11-20)9-14(21)15(22)13(18)10-17(3)7-8-19/h9,19-20,22H,4-8,10-11H2,1-3H3. The lowest BCUT2D eigenvalue weighted by molar-refractivity contribution is 0.210. The van der Waals surface area contributed by atoms with Crippen LogP contribution in [0, 0.1) is 0 Å². The molecule has 0 saturated heterocycles. The summed E-state index contributed by atoms with van der Waals surface area (Å²) in [4.78, 5) is 15.7. The number of likely N-dealkylation sites (N-methyl/N-ethyl adjacent to an activating group) is 1. The van der Waals surface area contributed by atoms with Crippen molar-refractivity contribution >= 4 is 0 Å². The van der Waals surface area contributed by atoms with Gasteiger partial charge in [-0.05, 0) is 34.1 Å². The second-order valence-corrected chi connectivity index (χ2v) is 5.72. The van der Waals surface area contributed by atoms with Crippen molar-refractivity contribution in [3.8, 4) is 5.75 Å². The molecular formula is C15H27N3O4. The van der Waals surface area contributed by atoms with Crippen LogP contribution in [0.3, 0.4) is 0 Å². The SMILES string of the molecule is CN(C)CCCn1c(CO)cc(=O)c(O)c1CN(C)CCO. The topological polar surface area (TPSA) is 89.2 Å². The molecule has 0 aromatic carbocycles. The minimum atomic E-state index is -0.486. The van der Waals surface area contributed by atoms with Gasteiger partial charge in [-0.1, -0.05) is 0 Å². The molecule has 0 aliphatic rings. The van der Waals surface area contributed by atoms with Crippen molar-refractivity contribution < 1.29 is 15.3 Å². The first-order valence-electron chi connectivity index (χ1n) is 7.40. The normalized spacial score (nSPS) is 11.6. The van der Waals surface area contributed by atoms with E-state index >= 15 is 0 Å². The van der Waals surface area contributed by atoms with Gasteiger partial charge in [-0.2, -0.15) is 0 Å². The third-order valence-corrected chi connectivity index (χ3v) is 3.53. The van der Waals surface area contributed by atoms with E-state index in [4.69, 9.17) is 5.11 Å². The van der Waals surface area contributed by atoms with E-state index in [2.05, 4.69) is 4.90 Å². The predicted molar refractivity (Wildman–Crippen MR) is 84.9 cm³/mol. The first-order chi connectivity index (χ1) is 10.4. The number of nitrogens with zero attached hydrogens (tertiary/aromatic N) is 3. The number of aromatic hydroxyl groups is 1. The summed E-state index contributed by atoms with van der Waals surface area (Å²) in [5.74, 6) is -0.285. The molecule has 0 radical (unpaired) electrons. The average Bonchev–Trinajstić information content (AvgIpc) is 2.45. The fraction of sp³-hybridized carbons (Fsp3) is 0.667. The van der Waals surface area contributed by atoms with Crippen molar-refractivity contribution in [2.75, 3.05) is 40.8 Å². The second kappa shape index (κ2) is 8.89. The minimum Gasteiger partial charge on any atom is -0.503 e. The Morgan fingerprint density at radius 1 is 1.18 bits per heavy atom. The molecule has 1 rings (SSSR count). The summed E-state index contributed by atoms with van der Waals surface area (Å²) >= 11 is 0. The molecule has 7 heteroatoms. The van der Waals surface area contributed by atoms with Gasteiger partial charge in [-0.25, -0.2) is 0 Å². The molecule has 0 bridgehead atoms. The van der Waals surface area contributed by atoms with Gasteiger partial charge in [0.2, 0.25) is 5.43 Å². The van der Waals surface area contributed by atoms with Gasteiger partial charge in [-0.15, -0.1) is 0 Å². The van der Waals surface area contributed by atoms with E-state index in [1.807, 2.05) is 19.0 Å². The maximum Gasteiger partial charge on any atom is 0.223 e. The number of aliphatic hydroxyl groups excluding tert-OH is 2. The summed E-state index contributed by atoms with van der Waals surface area (Å²) < 4.78 is 1.80. The zero-order valence-corrected chi connectivity index (χ0v) is 13.6. The van der Waals surface area contributed by atoms with Gasteiger partial charge in [0.15, 0.2) is 5.75 Å². The highest BCUT2D eigenvalue weighted by molar-refractivity contribution is 5.30. The predicted octanol–water partition coefficient (Wildman–Crippen LogP) is -0.578. The molecule has 22 heavy (non-hydrogen) atoms. The van der Waals surface area contributed by atoms with Gasteiger partial charge in [-0.3, -0.25) is 9.69 Å². The van der Waals surface area contributed by atoms with Crippen LogP contribution < -0.4 is 5.43 Å². The zero-order valence-electron chi connectivity index (χ0n) is 13.6. The molecule has 0 atom stereocenters. The Bertz CT molecular complexity index is 528. The summed E-state index contributed by atoms with van der Waals surface area (Å²) in [6, 6.07) is 1.28. The van der Waals surface area contributed by atoms with Crippen LogP contribution in [0.1, 0.15) is 17.8 Å². The Balaban J connectivity index is 3.12. The number of rotatable bonds is 9. The summed E-state index contributed by atoms with van der Waals surface area (Å²) in [6.45, 7) is 1.98. The van der Waals surface area contributed by atoms with E-state index in [1.54, 1.807) is 11.6 Å². The maximum absolute atomic E-state index is 11.8. The molecule has 126 valence electrons. The molecule has 1 aromatic heterocycles. The smallest absolute Gasteiger partial charge is 0.223 e. The van der Waals surface area contributed by atoms with E-state index in [-0.39, 0.29) is 19.0 Å². The van der Waals surface area contributed by atoms with Crippen molar-refractivity contribution in [3.63, 3.8) is 0 Å². The fourth-order valence-electron chi connectivity index (χ4n) is 2.36. The van der Waals surface area contributed by atoms with Gasteiger partial charge in [0.05, 0.1) is 18.9 Å². The van der Waals surface area contributed by atoms with Gasteiger partial charge >= 0.3 is 0 Å². The average molecular weight is 313 g/mol. The molecule has 0 saturated carbocycles. The summed E-state index contributed by atoms with van der Waals surface area (Å²) in [5.41, 5.74) is 0.487. The summed E-state index contributed by atoms with van der Waals surface area (Å²) in [6.07, 6.45) is 0.832. The number of pyridine rings is 1. The van der Waals surface area contributed by atoms with Crippen LogP contribution in [0.4, 0.5) is 0 Å². The lowest BCUT2D eigenvalue weighted by Gasteiger charge is -2.23. The summed E-state index contributed by atoms with van der Waals surface area (Å²) in [5, 5.41) is 28.6. The first-order valence-corrected chi connectivity index (χ1v) is 7.40. The molecule has 0 aliphatic heterocycles. The van der Waals surface area contributed by atoms with Crippen LogP contribution in [0.25, 0.3) is 0 Å².